The van der Waals surface area contributed by atoms with Gasteiger partial charge in [-0.3, -0.25) is 4.90 Å². The minimum Gasteiger partial charge on any atom is -0.497 e. The molecule has 0 spiro atoms. The fourth-order valence-corrected chi connectivity index (χ4v) is 6.96. The number of methoxy groups -OCH3 is 1. The highest BCUT2D eigenvalue weighted by atomic mass is 16.5. The second-order valence-corrected chi connectivity index (χ2v) is 10.3. The number of nitrogens with zero attached hydrogens (tertiary/aromatic N) is 1. The molecule has 1 aromatic rings. The third-order valence-electron chi connectivity index (χ3n) is 8.33. The summed E-state index contributed by atoms with van der Waals surface area (Å²) in [5, 5.41) is 11.0. The van der Waals surface area contributed by atoms with E-state index in [2.05, 4.69) is 36.9 Å². The molecule has 3 fully saturated rings. The molecule has 2 unspecified atom stereocenters. The van der Waals surface area contributed by atoms with Crippen LogP contribution in [0.3, 0.4) is 0 Å². The molecule has 4 aliphatic rings. The summed E-state index contributed by atoms with van der Waals surface area (Å²) in [6, 6.07) is 8.07. The minimum absolute atomic E-state index is 0.129. The van der Waals surface area contributed by atoms with E-state index < -0.39 is 5.60 Å². The Morgan fingerprint density at radius 1 is 1.26 bits per heavy atom. The number of fused-ring (bicyclic) bond motifs is 1. The molecule has 27 heavy (non-hydrogen) atoms. The molecule has 1 N–H and O–H groups in total. The number of benzene rings is 1. The maximum absolute atomic E-state index is 11.0. The van der Waals surface area contributed by atoms with E-state index in [0.717, 1.165) is 30.9 Å². The van der Waals surface area contributed by atoms with Gasteiger partial charge >= 0.3 is 0 Å². The van der Waals surface area contributed by atoms with Crippen molar-refractivity contribution in [1.82, 2.24) is 4.90 Å². The lowest BCUT2D eigenvalue weighted by Crippen LogP contribution is -2.65. The van der Waals surface area contributed by atoms with Crippen LogP contribution < -0.4 is 4.74 Å². The maximum Gasteiger partial charge on any atom is 0.119 e. The first-order valence-corrected chi connectivity index (χ1v) is 11.1. The van der Waals surface area contributed by atoms with Crippen molar-refractivity contribution in [1.29, 1.82) is 0 Å². The van der Waals surface area contributed by atoms with Crippen molar-refractivity contribution < 1.29 is 9.84 Å². The Morgan fingerprint density at radius 2 is 2.07 bits per heavy atom. The summed E-state index contributed by atoms with van der Waals surface area (Å²) in [6.07, 6.45) is 9.63. The van der Waals surface area contributed by atoms with Crippen molar-refractivity contribution >= 4 is 0 Å². The second kappa shape index (κ2) is 6.22. The quantitative estimate of drug-likeness (QED) is 0.859. The van der Waals surface area contributed by atoms with Crippen LogP contribution in [0.25, 0.3) is 0 Å². The normalized spacial score (nSPS) is 39.4. The average Bonchev–Trinajstić information content (AvgIpc) is 3.44. The summed E-state index contributed by atoms with van der Waals surface area (Å²) in [7, 11) is 1.77. The van der Waals surface area contributed by atoms with Gasteiger partial charge in [0.15, 0.2) is 0 Å². The molecule has 2 bridgehead atoms. The van der Waals surface area contributed by atoms with E-state index in [4.69, 9.17) is 4.74 Å². The Bertz CT molecular complexity index is 725. The van der Waals surface area contributed by atoms with Gasteiger partial charge in [0.1, 0.15) is 5.75 Å². The first-order valence-electron chi connectivity index (χ1n) is 11.1. The molecular formula is C24H35NO2. The lowest BCUT2D eigenvalue weighted by molar-refractivity contribution is -0.0969. The molecule has 148 valence electrons. The van der Waals surface area contributed by atoms with Crippen LogP contribution in [-0.4, -0.2) is 41.3 Å². The molecule has 0 amide bonds. The molecule has 1 saturated heterocycles. The van der Waals surface area contributed by atoms with Crippen LogP contribution in [0.4, 0.5) is 0 Å². The lowest BCUT2D eigenvalue weighted by atomic mass is 9.50. The summed E-state index contributed by atoms with van der Waals surface area (Å²) < 4.78 is 5.58. The molecule has 5 atom stereocenters. The number of aliphatic hydroxyl groups is 1. The molecule has 3 nitrogen and oxygen atoms in total. The van der Waals surface area contributed by atoms with Gasteiger partial charge in [0.05, 0.1) is 12.7 Å². The van der Waals surface area contributed by atoms with Crippen LogP contribution in [0.5, 0.6) is 5.75 Å². The summed E-state index contributed by atoms with van der Waals surface area (Å²) in [5.74, 6) is 2.63. The highest BCUT2D eigenvalue weighted by Gasteiger charge is 2.58. The van der Waals surface area contributed by atoms with Crippen molar-refractivity contribution in [2.75, 3.05) is 13.7 Å². The highest BCUT2D eigenvalue weighted by molar-refractivity contribution is 5.46. The van der Waals surface area contributed by atoms with Gasteiger partial charge in [-0.2, -0.15) is 0 Å². The van der Waals surface area contributed by atoms with Crippen molar-refractivity contribution in [3.8, 4) is 5.75 Å². The van der Waals surface area contributed by atoms with Crippen molar-refractivity contribution in [3.05, 3.63) is 29.3 Å². The molecular weight excluding hydrogens is 334 g/mol. The number of rotatable bonds is 4. The SMILES string of the molecule is COc1ccc2c(c1)[C@]13CCN(C(C)CC4CC4)[C@H](C2)[C@@H]1CCC(C)(O)C3. The average molecular weight is 370 g/mol. The monoisotopic (exact) mass is 369 g/mol. The van der Waals surface area contributed by atoms with Gasteiger partial charge in [0.2, 0.25) is 0 Å². The summed E-state index contributed by atoms with van der Waals surface area (Å²) >= 11 is 0. The molecule has 3 heteroatoms. The topological polar surface area (TPSA) is 32.7 Å². The largest absolute Gasteiger partial charge is 0.497 e. The molecule has 0 aromatic heterocycles. The third kappa shape index (κ3) is 2.93. The Balaban J connectivity index is 1.55. The van der Waals surface area contributed by atoms with E-state index in [1.807, 2.05) is 0 Å². The van der Waals surface area contributed by atoms with Gasteiger partial charge in [-0.15, -0.1) is 0 Å². The number of piperidine rings is 1. The van der Waals surface area contributed by atoms with Gasteiger partial charge in [0, 0.05) is 17.5 Å². The number of hydrogen-bond acceptors (Lipinski definition) is 3. The first-order chi connectivity index (χ1) is 12.9. The third-order valence-corrected chi connectivity index (χ3v) is 8.33. The molecule has 1 heterocycles. The van der Waals surface area contributed by atoms with Gasteiger partial charge < -0.3 is 9.84 Å². The van der Waals surface area contributed by atoms with E-state index >= 15 is 0 Å². The van der Waals surface area contributed by atoms with Crippen molar-refractivity contribution in [3.63, 3.8) is 0 Å². The van der Waals surface area contributed by atoms with E-state index in [9.17, 15) is 5.11 Å². The lowest BCUT2D eigenvalue weighted by Gasteiger charge is -2.62. The van der Waals surface area contributed by atoms with E-state index in [-0.39, 0.29) is 5.41 Å². The number of hydrogen-bond donors (Lipinski definition) is 1. The predicted octanol–water partition coefficient (Wildman–Crippen LogP) is 4.30. The van der Waals surface area contributed by atoms with Crippen LogP contribution in [0.15, 0.2) is 18.2 Å². The van der Waals surface area contributed by atoms with Crippen LogP contribution >= 0.6 is 0 Å². The van der Waals surface area contributed by atoms with Gasteiger partial charge in [-0.25, -0.2) is 0 Å². The van der Waals surface area contributed by atoms with Gasteiger partial charge in [-0.1, -0.05) is 18.9 Å². The van der Waals surface area contributed by atoms with Crippen LogP contribution in [-0.2, 0) is 11.8 Å². The Morgan fingerprint density at radius 3 is 2.81 bits per heavy atom. The van der Waals surface area contributed by atoms with Crippen molar-refractivity contribution in [2.45, 2.75) is 88.3 Å². The fourth-order valence-electron chi connectivity index (χ4n) is 6.96. The Hall–Kier alpha value is -1.06. The minimum atomic E-state index is -0.541. The number of ether oxygens (including phenoxy) is 1. The van der Waals surface area contributed by atoms with Crippen LogP contribution in [0, 0.1) is 11.8 Å². The summed E-state index contributed by atoms with van der Waals surface area (Å²) in [5.41, 5.74) is 2.57. The molecule has 1 aromatic carbocycles. The van der Waals surface area contributed by atoms with Gasteiger partial charge in [-0.05, 0) is 94.0 Å². The van der Waals surface area contributed by atoms with Crippen LogP contribution in [0.1, 0.15) is 69.9 Å². The van der Waals surface area contributed by atoms with E-state index in [1.54, 1.807) is 7.11 Å². The predicted molar refractivity (Wildman–Crippen MR) is 108 cm³/mol. The van der Waals surface area contributed by atoms with E-state index in [0.29, 0.717) is 18.0 Å². The maximum atomic E-state index is 11.0. The second-order valence-electron chi connectivity index (χ2n) is 10.3. The van der Waals surface area contributed by atoms with E-state index in [1.165, 1.54) is 49.8 Å². The molecule has 3 aliphatic carbocycles. The molecule has 2 saturated carbocycles. The molecule has 5 rings (SSSR count). The zero-order chi connectivity index (χ0) is 18.8. The summed E-state index contributed by atoms with van der Waals surface area (Å²) in [4.78, 5) is 2.86. The van der Waals surface area contributed by atoms with Crippen LogP contribution in [0.2, 0.25) is 0 Å². The van der Waals surface area contributed by atoms with Gasteiger partial charge in [0.25, 0.3) is 0 Å². The first kappa shape index (κ1) is 18.0. The summed E-state index contributed by atoms with van der Waals surface area (Å²) in [6.45, 7) is 5.71. The highest BCUT2D eigenvalue weighted by Crippen LogP contribution is 2.58. The zero-order valence-electron chi connectivity index (χ0n) is 17.2. The smallest absolute Gasteiger partial charge is 0.119 e. The molecule has 0 radical (unpaired) electrons. The standard InChI is InChI=1S/C24H35NO2/c1-16(12-17-4-5-17)25-11-10-24-15-23(2,26)9-8-20(24)22(25)13-18-6-7-19(27-3)14-21(18)24/h6-7,14,16-17,20,22,26H,4-5,8-13,15H2,1-3H3/t16?,20-,22+,23?,24-/m0/s1. The number of likely N-dealkylation sites (tertiary alicyclic amines) is 1. The Labute approximate surface area is 164 Å². The molecule has 1 aliphatic heterocycles. The van der Waals surface area contributed by atoms with Crippen molar-refractivity contribution in [2.24, 2.45) is 11.8 Å². The Kier molecular flexibility index (Phi) is 4.15. The fraction of sp³-hybridized carbons (Fsp3) is 0.750. The zero-order valence-corrected chi connectivity index (χ0v) is 17.2.